The van der Waals surface area contributed by atoms with Crippen molar-refractivity contribution in [1.82, 2.24) is 20.0 Å². The molecule has 0 saturated carbocycles. The zero-order valence-electron chi connectivity index (χ0n) is 19.6. The molecule has 0 saturated heterocycles. The number of nitrogens with zero attached hydrogens (tertiary/aromatic N) is 3. The second kappa shape index (κ2) is 9.19. The molecular weight excluding hydrogens is 531 g/mol. The average molecular weight is 551 g/mol. The van der Waals surface area contributed by atoms with Crippen molar-refractivity contribution in [2.75, 3.05) is 16.4 Å². The first-order valence-electron chi connectivity index (χ1n) is 11.5. The van der Waals surface area contributed by atoms with Crippen LogP contribution in [0.4, 0.5) is 21.6 Å². The van der Waals surface area contributed by atoms with Crippen LogP contribution >= 0.6 is 11.3 Å². The SMILES string of the molecule is O=C(Nc1cc(-c2cc(Nc3cc4n(n3)CCS(=O)(=O)C4)c(=O)[nH]n2)ccc1F)c1cc2ccccc2s1. The lowest BCUT2D eigenvalue weighted by atomic mass is 10.1. The molecule has 6 rings (SSSR count). The standard InChI is InChI=1S/C25H19FN6O4S2/c26-17-6-5-14(9-19(17)28-25(34)22-10-15-3-1-2-4-21(15)37-22)18-12-20(24(33)30-29-18)27-23-11-16-13-38(35,36)8-7-32(16)31-23/h1-6,9-12H,7-8,13H2,(H,28,34)(H,30,33)(H,27,29,31). The molecule has 0 unspecified atom stereocenters. The second-order valence-electron chi connectivity index (χ2n) is 8.75. The number of aryl methyl sites for hydroxylation is 1. The van der Waals surface area contributed by atoms with Gasteiger partial charge in [0.1, 0.15) is 11.5 Å². The lowest BCUT2D eigenvalue weighted by Crippen LogP contribution is -2.24. The number of sulfone groups is 1. The van der Waals surface area contributed by atoms with E-state index in [-0.39, 0.29) is 29.4 Å². The van der Waals surface area contributed by atoms with E-state index in [1.807, 2.05) is 24.3 Å². The number of fused-ring (bicyclic) bond motifs is 2. The molecule has 5 aromatic rings. The lowest BCUT2D eigenvalue weighted by molar-refractivity contribution is 0.103. The van der Waals surface area contributed by atoms with Crippen LogP contribution in [0.3, 0.4) is 0 Å². The summed E-state index contributed by atoms with van der Waals surface area (Å²) in [7, 11) is -3.17. The molecule has 0 atom stereocenters. The third kappa shape index (κ3) is 4.68. The van der Waals surface area contributed by atoms with Gasteiger partial charge < -0.3 is 10.6 Å². The summed E-state index contributed by atoms with van der Waals surface area (Å²) >= 11 is 1.31. The van der Waals surface area contributed by atoms with Gasteiger partial charge in [-0.3, -0.25) is 14.3 Å². The molecule has 0 spiro atoms. The number of H-pyrrole nitrogens is 1. The predicted molar refractivity (Wildman–Crippen MR) is 143 cm³/mol. The number of halogens is 1. The number of anilines is 3. The number of hydrogen-bond donors (Lipinski definition) is 3. The van der Waals surface area contributed by atoms with Crippen molar-refractivity contribution in [3.63, 3.8) is 0 Å². The van der Waals surface area contributed by atoms with Crippen LogP contribution in [-0.2, 0) is 22.1 Å². The first-order chi connectivity index (χ1) is 18.2. The second-order valence-corrected chi connectivity index (χ2v) is 12.0. The fourth-order valence-electron chi connectivity index (χ4n) is 4.19. The van der Waals surface area contributed by atoms with Gasteiger partial charge in [0, 0.05) is 16.3 Å². The summed E-state index contributed by atoms with van der Waals surface area (Å²) < 4.78 is 40.9. The van der Waals surface area contributed by atoms with E-state index in [1.165, 1.54) is 35.6 Å². The molecule has 10 nitrogen and oxygen atoms in total. The molecule has 1 aliphatic heterocycles. The number of benzene rings is 2. The molecule has 1 amide bonds. The number of thiophene rings is 1. The monoisotopic (exact) mass is 550 g/mol. The number of amides is 1. The Morgan fingerprint density at radius 3 is 2.76 bits per heavy atom. The minimum atomic E-state index is -3.17. The van der Waals surface area contributed by atoms with E-state index < -0.39 is 27.1 Å². The molecule has 192 valence electrons. The van der Waals surface area contributed by atoms with Gasteiger partial charge in [0.2, 0.25) is 0 Å². The molecule has 13 heteroatoms. The molecule has 38 heavy (non-hydrogen) atoms. The zero-order valence-corrected chi connectivity index (χ0v) is 21.2. The molecule has 0 radical (unpaired) electrons. The van der Waals surface area contributed by atoms with Crippen LogP contribution in [0.1, 0.15) is 15.4 Å². The number of aromatic amines is 1. The number of carbonyl (C=O) groups excluding carboxylic acids is 1. The van der Waals surface area contributed by atoms with Crippen molar-refractivity contribution < 1.29 is 17.6 Å². The van der Waals surface area contributed by atoms with Crippen LogP contribution in [0.2, 0.25) is 0 Å². The smallest absolute Gasteiger partial charge is 0.287 e. The summed E-state index contributed by atoms with van der Waals surface area (Å²) in [5.74, 6) is -0.858. The van der Waals surface area contributed by atoms with E-state index in [9.17, 15) is 22.4 Å². The summed E-state index contributed by atoms with van der Waals surface area (Å²) in [6.07, 6.45) is 0. The first-order valence-corrected chi connectivity index (χ1v) is 14.1. The van der Waals surface area contributed by atoms with E-state index in [0.29, 0.717) is 27.6 Å². The van der Waals surface area contributed by atoms with Gasteiger partial charge in [-0.2, -0.15) is 10.2 Å². The Morgan fingerprint density at radius 2 is 1.92 bits per heavy atom. The fourth-order valence-corrected chi connectivity index (χ4v) is 6.43. The number of rotatable bonds is 5. The van der Waals surface area contributed by atoms with Crippen molar-refractivity contribution in [3.05, 3.63) is 87.4 Å². The third-order valence-corrected chi connectivity index (χ3v) is 8.73. The van der Waals surface area contributed by atoms with Gasteiger partial charge in [-0.25, -0.2) is 17.9 Å². The van der Waals surface area contributed by atoms with Crippen LogP contribution in [0.15, 0.2) is 65.5 Å². The normalized spacial score (nSPS) is 14.2. The molecule has 1 aliphatic rings. The van der Waals surface area contributed by atoms with Crippen molar-refractivity contribution in [2.24, 2.45) is 0 Å². The number of aromatic nitrogens is 4. The topological polar surface area (TPSA) is 139 Å². The van der Waals surface area contributed by atoms with E-state index in [4.69, 9.17) is 0 Å². The molecule has 4 heterocycles. The zero-order chi connectivity index (χ0) is 26.4. The number of nitrogens with one attached hydrogen (secondary N) is 3. The average Bonchev–Trinajstić information content (AvgIpc) is 3.49. The van der Waals surface area contributed by atoms with Gasteiger partial charge in [-0.15, -0.1) is 11.3 Å². The van der Waals surface area contributed by atoms with Crippen LogP contribution < -0.4 is 16.2 Å². The van der Waals surface area contributed by atoms with Crippen molar-refractivity contribution in [1.29, 1.82) is 0 Å². The van der Waals surface area contributed by atoms with Crippen LogP contribution in [-0.4, -0.2) is 40.1 Å². The van der Waals surface area contributed by atoms with E-state index in [2.05, 4.69) is 25.9 Å². The molecular formula is C25H19FN6O4S2. The predicted octanol–water partition coefficient (Wildman–Crippen LogP) is 3.91. The summed E-state index contributed by atoms with van der Waals surface area (Å²) in [4.78, 5) is 25.7. The van der Waals surface area contributed by atoms with Crippen molar-refractivity contribution >= 4 is 54.4 Å². The lowest BCUT2D eigenvalue weighted by Gasteiger charge is -2.13. The Labute approximate surface area is 219 Å². The summed E-state index contributed by atoms with van der Waals surface area (Å²) in [5.41, 5.74) is 0.863. The maximum absolute atomic E-state index is 14.6. The first kappa shape index (κ1) is 24.0. The fraction of sp³-hybridized carbons (Fsp3) is 0.120. The highest BCUT2D eigenvalue weighted by atomic mass is 32.2. The van der Waals surface area contributed by atoms with E-state index in [1.54, 1.807) is 16.8 Å². The highest BCUT2D eigenvalue weighted by Gasteiger charge is 2.23. The maximum Gasteiger partial charge on any atom is 0.287 e. The van der Waals surface area contributed by atoms with Gasteiger partial charge in [-0.1, -0.05) is 18.2 Å². The van der Waals surface area contributed by atoms with Crippen LogP contribution in [0, 0.1) is 5.82 Å². The Balaban J connectivity index is 1.26. The quantitative estimate of drug-likeness (QED) is 0.302. The van der Waals surface area contributed by atoms with Crippen LogP contribution in [0.5, 0.6) is 0 Å². The largest absolute Gasteiger partial charge is 0.334 e. The Morgan fingerprint density at radius 1 is 1.08 bits per heavy atom. The van der Waals surface area contributed by atoms with Gasteiger partial charge in [0.05, 0.1) is 40.0 Å². The highest BCUT2D eigenvalue weighted by molar-refractivity contribution is 7.90. The number of carbonyl (C=O) groups is 1. The third-order valence-electron chi connectivity index (χ3n) is 6.07. The van der Waals surface area contributed by atoms with Crippen molar-refractivity contribution in [2.45, 2.75) is 12.3 Å². The summed E-state index contributed by atoms with van der Waals surface area (Å²) in [6.45, 7) is 0.239. The maximum atomic E-state index is 14.6. The number of hydrogen-bond acceptors (Lipinski definition) is 8. The molecule has 3 aromatic heterocycles. The van der Waals surface area contributed by atoms with Gasteiger partial charge in [0.15, 0.2) is 15.7 Å². The van der Waals surface area contributed by atoms with E-state index in [0.717, 1.165) is 10.1 Å². The molecule has 0 fully saturated rings. The van der Waals surface area contributed by atoms with Gasteiger partial charge >= 0.3 is 0 Å². The molecule has 0 aliphatic carbocycles. The van der Waals surface area contributed by atoms with E-state index >= 15 is 0 Å². The van der Waals surface area contributed by atoms with Gasteiger partial charge in [-0.05, 0) is 41.8 Å². The highest BCUT2D eigenvalue weighted by Crippen LogP contribution is 2.29. The molecule has 3 N–H and O–H groups in total. The minimum Gasteiger partial charge on any atom is -0.334 e. The molecule has 0 bridgehead atoms. The van der Waals surface area contributed by atoms with Gasteiger partial charge in [0.25, 0.3) is 11.5 Å². The minimum absolute atomic E-state index is 0.00739. The summed E-state index contributed by atoms with van der Waals surface area (Å²) in [5, 5.41) is 17.2. The summed E-state index contributed by atoms with van der Waals surface area (Å²) in [6, 6.07) is 16.5. The Bertz CT molecular complexity index is 1860. The van der Waals surface area contributed by atoms with Crippen molar-refractivity contribution in [3.8, 4) is 11.3 Å². The molecule has 2 aromatic carbocycles. The Hall–Kier alpha value is -4.36. The Kier molecular flexibility index (Phi) is 5.80. The van der Waals surface area contributed by atoms with Crippen LogP contribution in [0.25, 0.3) is 21.3 Å².